The molecule has 0 heterocycles. The highest BCUT2D eigenvalue weighted by Crippen LogP contribution is 1.99. The van der Waals surface area contributed by atoms with Gasteiger partial charge in [0.2, 0.25) is 0 Å². The van der Waals surface area contributed by atoms with Crippen molar-refractivity contribution >= 4 is 80.8 Å². The summed E-state index contributed by atoms with van der Waals surface area (Å²) >= 11 is 6.02. The number of allylic oxidation sites excluding steroid dienone is 3. The standard InChI is InChI=1S/3C4H5BrO2.Al/c3*5-3-1-2-4(6)7;/h3*1-2H,3H2,(H,6,7);/q;;;+3/p-3/b3*2-1+;. The highest BCUT2D eigenvalue weighted by atomic mass is 79.9. The van der Waals surface area contributed by atoms with Gasteiger partial charge in [0.25, 0.3) is 17.9 Å². The molecule has 0 amide bonds. The molecule has 0 rings (SSSR count). The first kappa shape index (κ1) is 21.6. The molecule has 0 unspecified atom stereocenters. The van der Waals surface area contributed by atoms with Gasteiger partial charge in [0, 0.05) is 34.2 Å². The molecule has 22 heavy (non-hydrogen) atoms. The first-order chi connectivity index (χ1) is 10.5. The minimum atomic E-state index is -3.28. The van der Waals surface area contributed by atoms with Gasteiger partial charge in [-0.25, -0.2) is 0 Å². The number of rotatable bonds is 9. The molecule has 0 N–H and O–H groups in total. The van der Waals surface area contributed by atoms with E-state index in [1.807, 2.05) is 0 Å². The fraction of sp³-hybridized carbons (Fsp3) is 0.250. The minimum Gasteiger partial charge on any atom is -0.547 e. The van der Waals surface area contributed by atoms with E-state index in [0.29, 0.717) is 16.0 Å². The molecule has 0 aromatic rings. The summed E-state index contributed by atoms with van der Waals surface area (Å²) in [7, 11) is 0. The lowest BCUT2D eigenvalue weighted by Gasteiger charge is -2.10. The van der Waals surface area contributed by atoms with Crippen LogP contribution in [0.25, 0.3) is 0 Å². The Balaban J connectivity index is 4.74. The second kappa shape index (κ2) is 14.2. The summed E-state index contributed by atoms with van der Waals surface area (Å²) in [6, 6.07) is 0. The maximum absolute atomic E-state index is 11.5. The molecule has 6 nitrogen and oxygen atoms in total. The van der Waals surface area contributed by atoms with E-state index >= 15 is 0 Å². The number of carbonyl (C=O) groups excluding carboxylic acids is 3. The van der Waals surface area contributed by atoms with Crippen LogP contribution in [0.5, 0.6) is 0 Å². The van der Waals surface area contributed by atoms with Gasteiger partial charge < -0.3 is 11.4 Å². The number of alkyl halides is 3. The van der Waals surface area contributed by atoms with Crippen molar-refractivity contribution in [3.8, 4) is 0 Å². The predicted octanol–water partition coefficient (Wildman–Crippen LogP) is 2.45. The molecule has 0 aromatic heterocycles. The molecule has 0 aromatic carbocycles. The van der Waals surface area contributed by atoms with Crippen LogP contribution < -0.4 is 0 Å². The van der Waals surface area contributed by atoms with Gasteiger partial charge in [0.05, 0.1) is 0 Å². The third kappa shape index (κ3) is 12.2. The highest BCUT2D eigenvalue weighted by Gasteiger charge is 2.48. The lowest BCUT2D eigenvalue weighted by atomic mass is 10.5. The van der Waals surface area contributed by atoms with Crippen molar-refractivity contribution in [3.63, 3.8) is 0 Å². The Kier molecular flexibility index (Phi) is 14.0. The van der Waals surface area contributed by atoms with E-state index in [0.717, 1.165) is 18.2 Å². The largest absolute Gasteiger partial charge is 1.20 e. The Morgan fingerprint density at radius 1 is 0.682 bits per heavy atom. The fourth-order valence-corrected chi connectivity index (χ4v) is 2.41. The molecule has 0 saturated carbocycles. The molecule has 0 bridgehead atoms. The number of halogens is 3. The van der Waals surface area contributed by atoms with E-state index in [4.69, 9.17) is 11.4 Å². The van der Waals surface area contributed by atoms with E-state index in [9.17, 15) is 14.4 Å². The maximum atomic E-state index is 11.5. The molecule has 0 atom stereocenters. The van der Waals surface area contributed by atoms with E-state index < -0.39 is 33.1 Å². The normalized spacial score (nSPS) is 11.0. The zero-order valence-electron chi connectivity index (χ0n) is 11.2. The summed E-state index contributed by atoms with van der Waals surface area (Å²) < 4.78 is 14.6. The summed E-state index contributed by atoms with van der Waals surface area (Å²) in [4.78, 5) is 34.4. The first-order valence-electron chi connectivity index (χ1n) is 5.82. The van der Waals surface area contributed by atoms with E-state index in [1.165, 1.54) is 18.2 Å². The smallest absolute Gasteiger partial charge is 0.547 e. The number of carbonyl (C=O) groups is 3. The molecule has 0 aliphatic rings. The van der Waals surface area contributed by atoms with Crippen LogP contribution in [0.3, 0.4) is 0 Å². The highest BCUT2D eigenvalue weighted by molar-refractivity contribution is 9.09. The van der Waals surface area contributed by atoms with E-state index in [1.54, 1.807) is 0 Å². The third-order valence-corrected chi connectivity index (χ3v) is 4.06. The fourth-order valence-electron chi connectivity index (χ4n) is 0.897. The van der Waals surface area contributed by atoms with E-state index in [2.05, 4.69) is 47.8 Å². The Morgan fingerprint density at radius 2 is 0.955 bits per heavy atom. The second-order valence-corrected chi connectivity index (χ2v) is 6.50. The molecule has 10 heteroatoms. The zero-order chi connectivity index (χ0) is 16.8. The Bertz CT molecular complexity index is 397. The summed E-state index contributed by atoms with van der Waals surface area (Å²) in [6.45, 7) is 0. The van der Waals surface area contributed by atoms with Crippen molar-refractivity contribution in [2.24, 2.45) is 0 Å². The van der Waals surface area contributed by atoms with Gasteiger partial charge in [-0.3, -0.25) is 14.4 Å². The average Bonchev–Trinajstić information content (AvgIpc) is 2.48. The van der Waals surface area contributed by atoms with Crippen molar-refractivity contribution in [1.82, 2.24) is 0 Å². The number of hydrogen-bond donors (Lipinski definition) is 0. The molecule has 0 spiro atoms. The molecule has 0 aliphatic heterocycles. The molecule has 0 fully saturated rings. The van der Waals surface area contributed by atoms with Crippen molar-refractivity contribution in [1.29, 1.82) is 0 Å². The van der Waals surface area contributed by atoms with Crippen LogP contribution in [0.4, 0.5) is 0 Å². The molecule has 120 valence electrons. The van der Waals surface area contributed by atoms with Gasteiger partial charge in [0.1, 0.15) is 0 Å². The summed E-state index contributed by atoms with van der Waals surface area (Å²) in [5, 5.41) is 1.36. The molecule has 0 saturated heterocycles. The van der Waals surface area contributed by atoms with Crippen molar-refractivity contribution in [2.45, 2.75) is 0 Å². The maximum Gasteiger partial charge on any atom is 1.20 e. The summed E-state index contributed by atoms with van der Waals surface area (Å²) in [6.07, 6.45) is 7.89. The van der Waals surface area contributed by atoms with Gasteiger partial charge in [-0.1, -0.05) is 66.0 Å². The SMILES string of the molecule is O=C(/C=C/CBr)[O][Al]([O]C(=O)/C=C/CBr)[O]C(=O)/C=C/CBr. The lowest BCUT2D eigenvalue weighted by molar-refractivity contribution is -0.141. The lowest BCUT2D eigenvalue weighted by Crippen LogP contribution is -2.33. The topological polar surface area (TPSA) is 78.9 Å². The van der Waals surface area contributed by atoms with Crippen molar-refractivity contribution in [3.05, 3.63) is 36.5 Å². The van der Waals surface area contributed by atoms with Crippen LogP contribution in [0.2, 0.25) is 0 Å². The van der Waals surface area contributed by atoms with Crippen molar-refractivity contribution < 1.29 is 25.7 Å². The minimum absolute atomic E-state index is 0.454. The number of hydrogen-bond acceptors (Lipinski definition) is 6. The van der Waals surface area contributed by atoms with Crippen LogP contribution in [-0.4, -0.2) is 49.0 Å². The monoisotopic (exact) mass is 516 g/mol. The molecule has 0 radical (unpaired) electrons. The van der Waals surface area contributed by atoms with Crippen LogP contribution in [0.1, 0.15) is 0 Å². The molecular weight excluding hydrogens is 507 g/mol. The molecule has 0 aliphatic carbocycles. The van der Waals surface area contributed by atoms with Gasteiger partial charge in [-0.15, -0.1) is 0 Å². The quantitative estimate of drug-likeness (QED) is 0.265. The van der Waals surface area contributed by atoms with Gasteiger partial charge in [0.15, 0.2) is 0 Å². The average molecular weight is 519 g/mol. The van der Waals surface area contributed by atoms with Crippen molar-refractivity contribution in [2.75, 3.05) is 16.0 Å². The Hall–Kier alpha value is -0.398. The summed E-state index contributed by atoms with van der Waals surface area (Å²) in [5.74, 6) is -2.28. The van der Waals surface area contributed by atoms with Crippen LogP contribution in [0, 0.1) is 0 Å². The van der Waals surface area contributed by atoms with Gasteiger partial charge >= 0.3 is 15.1 Å². The van der Waals surface area contributed by atoms with Gasteiger partial charge in [-0.05, 0) is 0 Å². The van der Waals surface area contributed by atoms with Crippen LogP contribution in [-0.2, 0) is 25.7 Å². The van der Waals surface area contributed by atoms with Crippen LogP contribution in [0.15, 0.2) is 36.5 Å². The first-order valence-corrected chi connectivity index (χ1v) is 10.6. The molecular formula is C12H12AlBr3O6. The predicted molar refractivity (Wildman–Crippen MR) is 92.8 cm³/mol. The van der Waals surface area contributed by atoms with E-state index in [-0.39, 0.29) is 0 Å². The second-order valence-electron chi connectivity index (χ2n) is 3.27. The zero-order valence-corrected chi connectivity index (χ0v) is 17.2. The van der Waals surface area contributed by atoms with Gasteiger partial charge in [-0.2, -0.15) is 0 Å². The Labute approximate surface area is 158 Å². The summed E-state index contributed by atoms with van der Waals surface area (Å²) in [5.41, 5.74) is 0. The van der Waals surface area contributed by atoms with Crippen LogP contribution >= 0.6 is 47.8 Å². The Morgan fingerprint density at radius 3 is 1.18 bits per heavy atom. The third-order valence-electron chi connectivity index (χ3n) is 1.67.